The summed E-state index contributed by atoms with van der Waals surface area (Å²) >= 11 is 5.26. The molecule has 0 amide bonds. The fraction of sp³-hybridized carbons (Fsp3) is 0.318. The molecule has 0 radical (unpaired) electrons. The third-order valence-electron chi connectivity index (χ3n) is 4.52. The van der Waals surface area contributed by atoms with Crippen LogP contribution in [0.2, 0.25) is 0 Å². The Labute approximate surface area is 175 Å². The van der Waals surface area contributed by atoms with Crippen molar-refractivity contribution >= 4 is 29.1 Å². The van der Waals surface area contributed by atoms with Gasteiger partial charge in [0.1, 0.15) is 17.6 Å². The van der Waals surface area contributed by atoms with E-state index < -0.39 is 12.0 Å². The van der Waals surface area contributed by atoms with Gasteiger partial charge < -0.3 is 19.8 Å². The summed E-state index contributed by atoms with van der Waals surface area (Å²) in [5, 5.41) is 6.49. The second kappa shape index (κ2) is 8.61. The zero-order valence-corrected chi connectivity index (χ0v) is 17.7. The average Bonchev–Trinajstić information content (AvgIpc) is 3.15. The van der Waals surface area contributed by atoms with Crippen molar-refractivity contribution in [2.75, 3.05) is 6.61 Å². The van der Waals surface area contributed by atoms with E-state index in [0.29, 0.717) is 40.1 Å². The van der Waals surface area contributed by atoms with Crippen LogP contribution in [-0.4, -0.2) is 23.5 Å². The molecule has 1 aliphatic heterocycles. The van der Waals surface area contributed by atoms with Crippen LogP contribution in [0.15, 0.2) is 52.1 Å². The number of hydrogen-bond acceptors (Lipinski definition) is 5. The number of benzene rings is 1. The number of esters is 1. The van der Waals surface area contributed by atoms with Gasteiger partial charge in [0.15, 0.2) is 10.9 Å². The van der Waals surface area contributed by atoms with Gasteiger partial charge in [-0.2, -0.15) is 0 Å². The van der Waals surface area contributed by atoms with Crippen LogP contribution in [0, 0.1) is 5.92 Å². The van der Waals surface area contributed by atoms with Gasteiger partial charge in [0.25, 0.3) is 0 Å². The third-order valence-corrected chi connectivity index (χ3v) is 4.74. The van der Waals surface area contributed by atoms with Crippen LogP contribution in [-0.2, 0) is 9.53 Å². The quantitative estimate of drug-likeness (QED) is 0.419. The second-order valence-electron chi connectivity index (χ2n) is 7.40. The molecule has 0 aliphatic carbocycles. The van der Waals surface area contributed by atoms with Gasteiger partial charge in [-0.25, -0.2) is 4.79 Å². The summed E-state index contributed by atoms with van der Waals surface area (Å²) in [7, 11) is 0. The molecule has 2 N–H and O–H groups in total. The van der Waals surface area contributed by atoms with E-state index >= 15 is 0 Å². The minimum absolute atomic E-state index is 0.00858. The van der Waals surface area contributed by atoms with E-state index in [1.807, 2.05) is 38.1 Å². The first-order valence-corrected chi connectivity index (χ1v) is 9.83. The Balaban J connectivity index is 1.89. The lowest BCUT2D eigenvalue weighted by Crippen LogP contribution is -2.45. The zero-order valence-electron chi connectivity index (χ0n) is 16.9. The molecule has 2 aromatic rings. The molecule has 0 bridgehead atoms. The van der Waals surface area contributed by atoms with Gasteiger partial charge in [-0.3, -0.25) is 4.79 Å². The fourth-order valence-electron chi connectivity index (χ4n) is 3.03. The molecule has 1 aromatic carbocycles. The number of ketones is 1. The summed E-state index contributed by atoms with van der Waals surface area (Å²) in [4.78, 5) is 24.2. The van der Waals surface area contributed by atoms with Gasteiger partial charge in [0, 0.05) is 16.8 Å². The molecule has 1 atom stereocenters. The standard InChI is InChI=1S/C22H24N2O4S/c1-12(2)11-27-21(26)19-13(3)23-22(29)24-20(19)18-10-9-17(28-18)16-7-5-15(6-8-16)14(4)25/h5-10,12,20H,11H2,1-4H3,(H2,23,24,29)/t20-/m1/s1. The second-order valence-corrected chi connectivity index (χ2v) is 7.81. The summed E-state index contributed by atoms with van der Waals surface area (Å²) < 4.78 is 11.5. The van der Waals surface area contributed by atoms with Crippen molar-refractivity contribution in [1.29, 1.82) is 0 Å². The zero-order chi connectivity index (χ0) is 21.1. The number of nitrogens with one attached hydrogen (secondary N) is 2. The number of carbonyl (C=O) groups excluding carboxylic acids is 2. The van der Waals surface area contributed by atoms with E-state index in [9.17, 15) is 9.59 Å². The van der Waals surface area contributed by atoms with Gasteiger partial charge in [0.2, 0.25) is 0 Å². The van der Waals surface area contributed by atoms with Crippen LogP contribution in [0.1, 0.15) is 49.9 Å². The first kappa shape index (κ1) is 20.8. The van der Waals surface area contributed by atoms with Crippen LogP contribution in [0.25, 0.3) is 11.3 Å². The molecule has 6 nitrogen and oxygen atoms in total. The Kier molecular flexibility index (Phi) is 6.17. The Morgan fingerprint density at radius 1 is 1.17 bits per heavy atom. The van der Waals surface area contributed by atoms with Gasteiger partial charge in [0.05, 0.1) is 12.2 Å². The van der Waals surface area contributed by atoms with Crippen LogP contribution < -0.4 is 10.6 Å². The van der Waals surface area contributed by atoms with Crippen molar-refractivity contribution in [3.8, 4) is 11.3 Å². The van der Waals surface area contributed by atoms with Crippen molar-refractivity contribution < 1.29 is 18.7 Å². The smallest absolute Gasteiger partial charge is 0.338 e. The molecule has 2 heterocycles. The maximum absolute atomic E-state index is 12.7. The number of allylic oxidation sites excluding steroid dienone is 1. The molecule has 3 rings (SSSR count). The maximum atomic E-state index is 12.7. The summed E-state index contributed by atoms with van der Waals surface area (Å²) in [5.41, 5.74) is 2.55. The van der Waals surface area contributed by atoms with Crippen molar-refractivity contribution in [3.05, 3.63) is 59.0 Å². The first-order valence-electron chi connectivity index (χ1n) is 9.42. The molecular weight excluding hydrogens is 388 g/mol. The van der Waals surface area contributed by atoms with Crippen LogP contribution in [0.5, 0.6) is 0 Å². The molecule has 0 saturated carbocycles. The lowest BCUT2D eigenvalue weighted by molar-refractivity contribution is -0.140. The summed E-state index contributed by atoms with van der Waals surface area (Å²) in [5.74, 6) is 1.02. The van der Waals surface area contributed by atoms with Gasteiger partial charge >= 0.3 is 5.97 Å². The fourth-order valence-corrected chi connectivity index (χ4v) is 3.30. The van der Waals surface area contributed by atoms with Crippen molar-refractivity contribution in [1.82, 2.24) is 10.6 Å². The predicted molar refractivity (Wildman–Crippen MR) is 114 cm³/mol. The molecule has 0 saturated heterocycles. The van der Waals surface area contributed by atoms with Crippen LogP contribution in [0.3, 0.4) is 0 Å². The highest BCUT2D eigenvalue weighted by atomic mass is 32.1. The highest BCUT2D eigenvalue weighted by Gasteiger charge is 2.33. The Bertz CT molecular complexity index is 973. The number of rotatable bonds is 6. The van der Waals surface area contributed by atoms with Crippen LogP contribution in [0.4, 0.5) is 0 Å². The van der Waals surface area contributed by atoms with Gasteiger partial charge in [-0.05, 0) is 44.1 Å². The predicted octanol–water partition coefficient (Wildman–Crippen LogP) is 4.14. The Hall–Kier alpha value is -2.93. The molecule has 152 valence electrons. The van der Waals surface area contributed by atoms with E-state index in [4.69, 9.17) is 21.4 Å². The summed E-state index contributed by atoms with van der Waals surface area (Å²) in [6.45, 7) is 7.61. The largest absolute Gasteiger partial charge is 0.462 e. The molecule has 1 aliphatic rings. The molecule has 1 aromatic heterocycles. The number of Topliss-reactive ketones (excluding diaryl/α,β-unsaturated/α-hetero) is 1. The van der Waals surface area contributed by atoms with E-state index in [1.54, 1.807) is 19.1 Å². The highest BCUT2D eigenvalue weighted by Crippen LogP contribution is 2.32. The highest BCUT2D eigenvalue weighted by molar-refractivity contribution is 7.80. The number of carbonyl (C=O) groups is 2. The normalized spacial score (nSPS) is 16.4. The number of hydrogen-bond donors (Lipinski definition) is 2. The van der Waals surface area contributed by atoms with E-state index in [0.717, 1.165) is 5.56 Å². The third kappa shape index (κ3) is 4.74. The molecular formula is C22H24N2O4S. The Morgan fingerprint density at radius 2 is 1.86 bits per heavy atom. The SMILES string of the molecule is CC(=O)c1ccc(-c2ccc([C@H]3NC(=S)NC(C)=C3C(=O)OCC(C)C)o2)cc1. The lowest BCUT2D eigenvalue weighted by atomic mass is 10.0. The molecule has 0 unspecified atom stereocenters. The van der Waals surface area contributed by atoms with Crippen molar-refractivity contribution in [2.24, 2.45) is 5.92 Å². The summed E-state index contributed by atoms with van der Waals surface area (Å²) in [6.07, 6.45) is 0. The van der Waals surface area contributed by atoms with Crippen LogP contribution >= 0.6 is 12.2 Å². The van der Waals surface area contributed by atoms with E-state index in [-0.39, 0.29) is 11.7 Å². The van der Waals surface area contributed by atoms with E-state index in [2.05, 4.69) is 10.6 Å². The van der Waals surface area contributed by atoms with Crippen molar-refractivity contribution in [2.45, 2.75) is 33.7 Å². The number of thiocarbonyl (C=S) groups is 1. The molecule has 0 spiro atoms. The molecule has 29 heavy (non-hydrogen) atoms. The lowest BCUT2D eigenvalue weighted by Gasteiger charge is -2.28. The Morgan fingerprint density at radius 3 is 2.48 bits per heavy atom. The number of furan rings is 1. The summed E-state index contributed by atoms with van der Waals surface area (Å²) in [6, 6.07) is 10.3. The van der Waals surface area contributed by atoms with Gasteiger partial charge in [-0.1, -0.05) is 38.1 Å². The minimum atomic E-state index is -0.548. The topological polar surface area (TPSA) is 80.6 Å². The van der Waals surface area contributed by atoms with Crippen molar-refractivity contribution in [3.63, 3.8) is 0 Å². The average molecular weight is 413 g/mol. The number of ether oxygens (including phenoxy) is 1. The van der Waals surface area contributed by atoms with Gasteiger partial charge in [-0.15, -0.1) is 0 Å². The minimum Gasteiger partial charge on any atom is -0.462 e. The monoisotopic (exact) mass is 412 g/mol. The van der Waals surface area contributed by atoms with E-state index in [1.165, 1.54) is 6.92 Å². The first-order chi connectivity index (χ1) is 13.8. The molecule has 0 fully saturated rings. The molecule has 7 heteroatoms. The maximum Gasteiger partial charge on any atom is 0.338 e.